The van der Waals surface area contributed by atoms with Crippen molar-refractivity contribution in [3.8, 4) is 0 Å². The van der Waals surface area contributed by atoms with E-state index in [4.69, 9.17) is 0 Å². The fourth-order valence-corrected chi connectivity index (χ4v) is 4.82. The molecule has 1 heterocycles. The zero-order valence-electron chi connectivity index (χ0n) is 10.8. The van der Waals surface area contributed by atoms with Crippen molar-refractivity contribution in [2.45, 2.75) is 12.7 Å². The summed E-state index contributed by atoms with van der Waals surface area (Å²) in [5, 5.41) is 1.75. The number of thiophene rings is 1. The van der Waals surface area contributed by atoms with Gasteiger partial charge in [-0.2, -0.15) is 0 Å². The van der Waals surface area contributed by atoms with Crippen molar-refractivity contribution in [3.05, 3.63) is 56.2 Å². The second-order valence-electron chi connectivity index (χ2n) is 4.54. The first-order valence-corrected chi connectivity index (χ1v) is 9.39. The molecule has 0 atom stereocenters. The molecule has 20 heavy (non-hydrogen) atoms. The van der Waals surface area contributed by atoms with Gasteiger partial charge in [0.05, 0.1) is 10.6 Å². The number of aryl methyl sites for hydroxylation is 1. The van der Waals surface area contributed by atoms with E-state index in [1.165, 1.54) is 11.3 Å². The van der Waals surface area contributed by atoms with Gasteiger partial charge in [-0.1, -0.05) is 29.8 Å². The van der Waals surface area contributed by atoms with E-state index >= 15 is 0 Å². The Morgan fingerprint density at radius 2 is 2.05 bits per heavy atom. The molecule has 0 fully saturated rings. The smallest absolute Gasteiger partial charge is 0.188 e. The van der Waals surface area contributed by atoms with Gasteiger partial charge >= 0.3 is 0 Å². The molecule has 0 spiro atoms. The number of hydrogen-bond acceptors (Lipinski definition) is 4. The quantitative estimate of drug-likeness (QED) is 0.753. The summed E-state index contributed by atoms with van der Waals surface area (Å²) in [7, 11) is -3.46. The van der Waals surface area contributed by atoms with Crippen molar-refractivity contribution in [2.24, 2.45) is 0 Å². The van der Waals surface area contributed by atoms with Crippen LogP contribution >= 0.6 is 27.3 Å². The summed E-state index contributed by atoms with van der Waals surface area (Å²) in [6, 6.07) is 9.05. The summed E-state index contributed by atoms with van der Waals surface area (Å²) in [4.78, 5) is 12.5. The van der Waals surface area contributed by atoms with Gasteiger partial charge in [0, 0.05) is 4.47 Å². The lowest BCUT2D eigenvalue weighted by molar-refractivity contribution is 0.102. The topological polar surface area (TPSA) is 51.2 Å². The summed E-state index contributed by atoms with van der Waals surface area (Å²) in [6.45, 7) is 1.91. The lowest BCUT2D eigenvalue weighted by Crippen LogP contribution is -2.17. The SMILES string of the molecule is Cc1cccc(CS(=O)(=O)CC(=O)c2sccc2Br)c1. The number of halogens is 1. The van der Waals surface area contributed by atoms with E-state index in [1.54, 1.807) is 17.5 Å². The van der Waals surface area contributed by atoms with Crippen LogP contribution in [0.3, 0.4) is 0 Å². The Bertz CT molecular complexity index is 732. The van der Waals surface area contributed by atoms with Crippen molar-refractivity contribution in [1.82, 2.24) is 0 Å². The minimum Gasteiger partial charge on any atom is -0.292 e. The van der Waals surface area contributed by atoms with Crippen LogP contribution < -0.4 is 0 Å². The molecule has 0 aliphatic rings. The van der Waals surface area contributed by atoms with Crippen LogP contribution in [0.15, 0.2) is 40.2 Å². The molecule has 0 bridgehead atoms. The third kappa shape index (κ3) is 4.01. The summed E-state index contributed by atoms with van der Waals surface area (Å²) in [5.41, 5.74) is 1.72. The Kier molecular flexibility index (Phi) is 4.78. The van der Waals surface area contributed by atoms with Crippen molar-refractivity contribution < 1.29 is 13.2 Å². The minimum absolute atomic E-state index is 0.108. The maximum Gasteiger partial charge on any atom is 0.188 e. The Morgan fingerprint density at radius 3 is 2.65 bits per heavy atom. The number of rotatable bonds is 5. The van der Waals surface area contributed by atoms with Crippen LogP contribution in [0.25, 0.3) is 0 Å². The van der Waals surface area contributed by atoms with E-state index in [1.807, 2.05) is 25.1 Å². The molecule has 0 saturated heterocycles. The lowest BCUT2D eigenvalue weighted by Gasteiger charge is -2.04. The molecule has 0 N–H and O–H groups in total. The Hall–Kier alpha value is -0.980. The zero-order valence-corrected chi connectivity index (χ0v) is 14.0. The van der Waals surface area contributed by atoms with Gasteiger partial charge in [-0.15, -0.1) is 11.3 Å². The first-order chi connectivity index (χ1) is 9.37. The van der Waals surface area contributed by atoms with Crippen LogP contribution in [-0.2, 0) is 15.6 Å². The third-order valence-electron chi connectivity index (χ3n) is 2.69. The zero-order chi connectivity index (χ0) is 14.8. The number of sulfone groups is 1. The molecule has 0 unspecified atom stereocenters. The van der Waals surface area contributed by atoms with Gasteiger partial charge in [0.25, 0.3) is 0 Å². The average molecular weight is 373 g/mol. The highest BCUT2D eigenvalue weighted by atomic mass is 79.9. The second kappa shape index (κ2) is 6.20. The van der Waals surface area contributed by atoms with Crippen molar-refractivity contribution in [1.29, 1.82) is 0 Å². The molecule has 0 saturated carbocycles. The molecule has 6 heteroatoms. The Labute approximate surface area is 130 Å². The number of ketones is 1. The van der Waals surface area contributed by atoms with Gasteiger partial charge in [-0.25, -0.2) is 8.42 Å². The largest absolute Gasteiger partial charge is 0.292 e. The van der Waals surface area contributed by atoms with Gasteiger partial charge in [0.15, 0.2) is 15.6 Å². The van der Waals surface area contributed by atoms with Gasteiger partial charge < -0.3 is 0 Å². The van der Waals surface area contributed by atoms with E-state index in [-0.39, 0.29) is 11.5 Å². The van der Waals surface area contributed by atoms with E-state index in [2.05, 4.69) is 15.9 Å². The second-order valence-corrected chi connectivity index (χ2v) is 8.38. The molecule has 3 nitrogen and oxygen atoms in total. The van der Waals surface area contributed by atoms with Crippen molar-refractivity contribution in [2.75, 3.05) is 5.75 Å². The van der Waals surface area contributed by atoms with Gasteiger partial charge in [0.2, 0.25) is 0 Å². The predicted molar refractivity (Wildman–Crippen MR) is 85.0 cm³/mol. The highest BCUT2D eigenvalue weighted by molar-refractivity contribution is 9.10. The molecule has 2 rings (SSSR count). The minimum atomic E-state index is -3.46. The fourth-order valence-electron chi connectivity index (χ4n) is 1.86. The average Bonchev–Trinajstić information content (AvgIpc) is 2.74. The molecule has 0 aliphatic heterocycles. The molecule has 1 aromatic heterocycles. The van der Waals surface area contributed by atoms with Crippen molar-refractivity contribution in [3.63, 3.8) is 0 Å². The number of hydrogen-bond donors (Lipinski definition) is 0. The Balaban J connectivity index is 2.12. The first kappa shape index (κ1) is 15.4. The summed E-state index contributed by atoms with van der Waals surface area (Å²) < 4.78 is 24.8. The summed E-state index contributed by atoms with van der Waals surface area (Å²) in [5.74, 6) is -0.928. The van der Waals surface area contributed by atoms with E-state index < -0.39 is 15.6 Å². The molecule has 106 valence electrons. The van der Waals surface area contributed by atoms with Gasteiger partial charge in [0.1, 0.15) is 5.75 Å². The van der Waals surface area contributed by atoms with Crippen LogP contribution in [0.5, 0.6) is 0 Å². The monoisotopic (exact) mass is 372 g/mol. The van der Waals surface area contributed by atoms with Crippen molar-refractivity contribution >= 4 is 42.9 Å². The van der Waals surface area contributed by atoms with Crippen LogP contribution in [0.4, 0.5) is 0 Å². The van der Waals surface area contributed by atoms with Crippen LogP contribution in [0, 0.1) is 6.92 Å². The van der Waals surface area contributed by atoms with E-state index in [0.29, 0.717) is 14.9 Å². The number of Topliss-reactive ketones (excluding diaryl/α,β-unsaturated/α-hetero) is 1. The van der Waals surface area contributed by atoms with Gasteiger partial charge in [-0.3, -0.25) is 4.79 Å². The number of benzene rings is 1. The summed E-state index contributed by atoms with van der Waals surface area (Å²) in [6.07, 6.45) is 0. The highest BCUT2D eigenvalue weighted by Gasteiger charge is 2.21. The molecule has 0 radical (unpaired) electrons. The predicted octanol–water partition coefficient (Wildman–Crippen LogP) is 3.62. The van der Waals surface area contributed by atoms with Gasteiger partial charge in [-0.05, 0) is 39.9 Å². The molecule has 2 aromatic rings. The number of carbonyl (C=O) groups excluding carboxylic acids is 1. The maximum atomic E-state index is 12.1. The molecule has 1 aromatic carbocycles. The van der Waals surface area contributed by atoms with Crippen LogP contribution in [-0.4, -0.2) is 20.0 Å². The third-order valence-corrected chi connectivity index (χ3v) is 6.04. The van der Waals surface area contributed by atoms with Crippen LogP contribution in [0.1, 0.15) is 20.8 Å². The Morgan fingerprint density at radius 1 is 1.30 bits per heavy atom. The standard InChI is InChI=1S/C14H13BrO3S2/c1-10-3-2-4-11(7-10)8-20(17,18)9-13(16)14-12(15)5-6-19-14/h2-7H,8-9H2,1H3. The molecule has 0 aliphatic carbocycles. The van der Waals surface area contributed by atoms with Crippen LogP contribution in [0.2, 0.25) is 0 Å². The molecule has 0 amide bonds. The molecular formula is C14H13BrO3S2. The number of carbonyl (C=O) groups is 1. The maximum absolute atomic E-state index is 12.1. The van der Waals surface area contributed by atoms with E-state index in [9.17, 15) is 13.2 Å². The first-order valence-electron chi connectivity index (χ1n) is 5.89. The molecular weight excluding hydrogens is 360 g/mol. The van der Waals surface area contributed by atoms with E-state index in [0.717, 1.165) is 5.56 Å². The lowest BCUT2D eigenvalue weighted by atomic mass is 10.2. The normalized spacial score (nSPS) is 11.5. The summed E-state index contributed by atoms with van der Waals surface area (Å²) >= 11 is 4.49. The highest BCUT2D eigenvalue weighted by Crippen LogP contribution is 2.24. The fraction of sp³-hybridized carbons (Fsp3) is 0.214.